The van der Waals surface area contributed by atoms with Gasteiger partial charge in [-0.2, -0.15) is 4.98 Å². The zero-order valence-electron chi connectivity index (χ0n) is 12.0. The minimum Gasteiger partial charge on any atom is -0.470 e. The maximum absolute atomic E-state index is 10.8. The Morgan fingerprint density at radius 1 is 1.35 bits per heavy atom. The first-order valence-electron chi connectivity index (χ1n) is 6.27. The summed E-state index contributed by atoms with van der Waals surface area (Å²) in [6.45, 7) is 6.16. The Morgan fingerprint density at radius 2 is 2.00 bits per heavy atom. The van der Waals surface area contributed by atoms with Gasteiger partial charge < -0.3 is 15.8 Å². The maximum atomic E-state index is 10.8. The predicted octanol–water partition coefficient (Wildman–Crippen LogP) is 0.932. The molecule has 1 heterocycles. The second-order valence-electron chi connectivity index (χ2n) is 5.45. The van der Waals surface area contributed by atoms with E-state index >= 15 is 0 Å². The molecule has 1 aromatic heterocycles. The number of rotatable bonds is 6. The molecule has 0 aliphatic carbocycles. The molecular formula is C12H22N4O3S. The van der Waals surface area contributed by atoms with E-state index in [9.17, 15) is 8.42 Å². The zero-order valence-corrected chi connectivity index (χ0v) is 12.8. The average molecular weight is 302 g/mol. The number of nitrogens with one attached hydrogen (secondary N) is 1. The van der Waals surface area contributed by atoms with Gasteiger partial charge in [0.2, 0.25) is 15.9 Å². The molecule has 8 heteroatoms. The smallest absolute Gasteiger partial charge is 0.239 e. The highest BCUT2D eigenvalue weighted by atomic mass is 32.2. The lowest BCUT2D eigenvalue weighted by Gasteiger charge is -2.21. The monoisotopic (exact) mass is 302 g/mol. The highest BCUT2D eigenvalue weighted by Crippen LogP contribution is 2.24. The van der Waals surface area contributed by atoms with Crippen molar-refractivity contribution < 1.29 is 13.2 Å². The summed E-state index contributed by atoms with van der Waals surface area (Å²) in [4.78, 5) is 4.25. The number of hydrogen-bond donors (Lipinski definition) is 3. The van der Waals surface area contributed by atoms with Gasteiger partial charge in [0.15, 0.2) is 0 Å². The Morgan fingerprint density at radius 3 is 2.55 bits per heavy atom. The van der Waals surface area contributed by atoms with Gasteiger partial charge in [-0.1, -0.05) is 0 Å². The molecule has 114 valence electrons. The molecule has 0 fully saturated rings. The van der Waals surface area contributed by atoms with Crippen molar-refractivity contribution in [2.45, 2.75) is 32.8 Å². The van der Waals surface area contributed by atoms with Gasteiger partial charge in [-0.3, -0.25) is 0 Å². The molecule has 7 nitrogen and oxygen atoms in total. The number of ether oxygens (including phenoxy) is 1. The summed E-state index contributed by atoms with van der Waals surface area (Å²) < 4.78 is 27.2. The predicted molar refractivity (Wildman–Crippen MR) is 80.1 cm³/mol. The van der Waals surface area contributed by atoms with Crippen LogP contribution in [-0.4, -0.2) is 31.3 Å². The molecule has 0 aliphatic heterocycles. The van der Waals surface area contributed by atoms with Gasteiger partial charge in [0.1, 0.15) is 11.4 Å². The van der Waals surface area contributed by atoms with Crippen LogP contribution in [0.5, 0.6) is 5.88 Å². The van der Waals surface area contributed by atoms with E-state index in [0.717, 1.165) is 0 Å². The highest BCUT2D eigenvalue weighted by Gasteiger charge is 2.15. The van der Waals surface area contributed by atoms with Crippen LogP contribution >= 0.6 is 0 Å². The van der Waals surface area contributed by atoms with E-state index in [4.69, 9.17) is 15.6 Å². The van der Waals surface area contributed by atoms with Crippen molar-refractivity contribution in [1.82, 2.24) is 4.98 Å². The second-order valence-corrected chi connectivity index (χ2v) is 7.19. The fourth-order valence-corrected chi connectivity index (χ4v) is 1.96. The van der Waals surface area contributed by atoms with Gasteiger partial charge in [0, 0.05) is 6.54 Å². The fraction of sp³-hybridized carbons (Fsp3) is 0.583. The van der Waals surface area contributed by atoms with Crippen LogP contribution in [0.2, 0.25) is 0 Å². The maximum Gasteiger partial charge on any atom is 0.239 e. The first-order chi connectivity index (χ1) is 9.07. The first kappa shape index (κ1) is 16.5. The minimum atomic E-state index is -3.42. The molecule has 20 heavy (non-hydrogen) atoms. The Hall–Kier alpha value is -1.54. The van der Waals surface area contributed by atoms with Crippen molar-refractivity contribution in [2.24, 2.45) is 5.14 Å². The zero-order chi connectivity index (χ0) is 15.4. The van der Waals surface area contributed by atoms with Crippen molar-refractivity contribution in [1.29, 1.82) is 0 Å². The molecule has 0 bridgehead atoms. The Bertz CT molecular complexity index is 552. The summed E-state index contributed by atoms with van der Waals surface area (Å²) in [5.74, 6) is 0.863. The molecule has 0 spiro atoms. The van der Waals surface area contributed by atoms with E-state index in [1.807, 2.05) is 20.8 Å². The van der Waals surface area contributed by atoms with Crippen LogP contribution in [-0.2, 0) is 10.0 Å². The summed E-state index contributed by atoms with van der Waals surface area (Å²) in [7, 11) is -3.42. The SMILES string of the molecule is CC(C)(C)Oc1nc(NCCCS(N)(=O)=O)ccc1N. The quantitative estimate of drug-likeness (QED) is 0.672. The van der Waals surface area contributed by atoms with E-state index in [-0.39, 0.29) is 5.75 Å². The third kappa shape index (κ3) is 6.58. The highest BCUT2D eigenvalue weighted by molar-refractivity contribution is 7.89. The minimum absolute atomic E-state index is 0.0691. The standard InChI is InChI=1S/C12H22N4O3S/c1-12(2,3)19-11-9(13)5-6-10(16-11)15-7-4-8-20(14,17)18/h5-6H,4,7-8,13H2,1-3H3,(H,15,16)(H2,14,17,18). The van der Waals surface area contributed by atoms with Crippen LogP contribution in [0.4, 0.5) is 11.5 Å². The van der Waals surface area contributed by atoms with Crippen LogP contribution in [0.1, 0.15) is 27.2 Å². The number of nitrogens with two attached hydrogens (primary N) is 2. The van der Waals surface area contributed by atoms with Crippen LogP contribution in [0, 0.1) is 0 Å². The first-order valence-corrected chi connectivity index (χ1v) is 7.98. The molecule has 0 atom stereocenters. The number of nitrogens with zero attached hydrogens (tertiary/aromatic N) is 1. The van der Waals surface area contributed by atoms with E-state index in [2.05, 4.69) is 10.3 Å². The molecular weight excluding hydrogens is 280 g/mol. The summed E-state index contributed by atoms with van der Waals surface area (Å²) in [5, 5.41) is 7.92. The van der Waals surface area contributed by atoms with Crippen molar-refractivity contribution in [3.8, 4) is 5.88 Å². The molecule has 0 aliphatic rings. The third-order valence-electron chi connectivity index (χ3n) is 2.20. The molecule has 0 aromatic carbocycles. The van der Waals surface area contributed by atoms with E-state index in [0.29, 0.717) is 30.4 Å². The fourth-order valence-electron chi connectivity index (χ4n) is 1.41. The van der Waals surface area contributed by atoms with E-state index in [1.165, 1.54) is 0 Å². The van der Waals surface area contributed by atoms with Crippen LogP contribution in [0.25, 0.3) is 0 Å². The van der Waals surface area contributed by atoms with Gasteiger partial charge in [-0.15, -0.1) is 0 Å². The molecule has 0 saturated heterocycles. The molecule has 0 radical (unpaired) electrons. The van der Waals surface area contributed by atoms with Crippen LogP contribution in [0.15, 0.2) is 12.1 Å². The molecule has 0 amide bonds. The van der Waals surface area contributed by atoms with Crippen molar-refractivity contribution in [2.75, 3.05) is 23.3 Å². The van der Waals surface area contributed by atoms with Crippen molar-refractivity contribution in [3.63, 3.8) is 0 Å². The summed E-state index contributed by atoms with van der Waals surface area (Å²) in [5.41, 5.74) is 5.86. The number of primary sulfonamides is 1. The largest absolute Gasteiger partial charge is 0.470 e. The number of pyridine rings is 1. The summed E-state index contributed by atoms with van der Waals surface area (Å²) >= 11 is 0. The van der Waals surface area contributed by atoms with Gasteiger partial charge in [-0.05, 0) is 39.3 Å². The average Bonchev–Trinajstić information content (AvgIpc) is 2.25. The number of aromatic nitrogens is 1. The second kappa shape index (κ2) is 6.27. The molecule has 0 unspecified atom stereocenters. The van der Waals surface area contributed by atoms with Crippen molar-refractivity contribution >= 4 is 21.5 Å². The van der Waals surface area contributed by atoms with Crippen LogP contribution < -0.4 is 20.9 Å². The number of hydrogen-bond acceptors (Lipinski definition) is 6. The third-order valence-corrected chi connectivity index (χ3v) is 3.06. The molecule has 0 saturated carbocycles. The summed E-state index contributed by atoms with van der Waals surface area (Å²) in [6.07, 6.45) is 0.403. The molecule has 1 aromatic rings. The lowest BCUT2D eigenvalue weighted by atomic mass is 10.2. The molecule has 1 rings (SSSR count). The number of sulfonamides is 1. The van der Waals surface area contributed by atoms with E-state index < -0.39 is 15.6 Å². The number of anilines is 2. The molecule has 5 N–H and O–H groups in total. The summed E-state index contributed by atoms with van der Waals surface area (Å²) in [6, 6.07) is 3.40. The van der Waals surface area contributed by atoms with Gasteiger partial charge in [0.05, 0.1) is 11.4 Å². The van der Waals surface area contributed by atoms with Crippen molar-refractivity contribution in [3.05, 3.63) is 12.1 Å². The Balaban J connectivity index is 2.61. The van der Waals surface area contributed by atoms with Crippen LogP contribution in [0.3, 0.4) is 0 Å². The number of nitrogen functional groups attached to an aromatic ring is 1. The van der Waals surface area contributed by atoms with E-state index in [1.54, 1.807) is 12.1 Å². The lowest BCUT2D eigenvalue weighted by Crippen LogP contribution is -2.24. The topological polar surface area (TPSA) is 120 Å². The Labute approximate surface area is 119 Å². The normalized spacial score (nSPS) is 12.2. The lowest BCUT2D eigenvalue weighted by molar-refractivity contribution is 0.125. The van der Waals surface area contributed by atoms with Gasteiger partial charge >= 0.3 is 0 Å². The van der Waals surface area contributed by atoms with Gasteiger partial charge in [0.25, 0.3) is 0 Å². The Kier molecular flexibility index (Phi) is 5.18. The van der Waals surface area contributed by atoms with Gasteiger partial charge in [-0.25, -0.2) is 13.6 Å².